The molecule has 4 rings (SSSR count). The molecule has 2 unspecified atom stereocenters. The molecule has 20 heavy (non-hydrogen) atoms. The number of nitrogens with one attached hydrogen (secondary N) is 1. The minimum atomic E-state index is -2.97. The van der Waals surface area contributed by atoms with Crippen molar-refractivity contribution < 1.29 is 13.2 Å². The van der Waals surface area contributed by atoms with Crippen LogP contribution < -0.4 is 0 Å². The fourth-order valence-electron chi connectivity index (χ4n) is 3.37. The highest BCUT2D eigenvalue weighted by Crippen LogP contribution is 2.34. The highest BCUT2D eigenvalue weighted by Gasteiger charge is 2.50. The average Bonchev–Trinajstić information content (AvgIpc) is 3.08. The van der Waals surface area contributed by atoms with Gasteiger partial charge in [0.05, 0.1) is 11.0 Å². The second kappa shape index (κ2) is 3.85. The summed E-state index contributed by atoms with van der Waals surface area (Å²) in [5.74, 6) is 0.0598. The molecule has 2 aromatic rings. The third-order valence-corrected chi connectivity index (χ3v) is 6.60. The van der Waals surface area contributed by atoms with Gasteiger partial charge in [0.25, 0.3) is 5.91 Å². The zero-order valence-corrected chi connectivity index (χ0v) is 11.6. The van der Waals surface area contributed by atoms with Gasteiger partial charge >= 0.3 is 0 Å². The van der Waals surface area contributed by atoms with Crippen molar-refractivity contribution in [3.8, 4) is 0 Å². The van der Waals surface area contributed by atoms with Crippen molar-refractivity contribution in [3.63, 3.8) is 0 Å². The minimum Gasteiger partial charge on any atom is -0.361 e. The first-order chi connectivity index (χ1) is 9.56. The number of aromatic nitrogens is 1. The van der Waals surface area contributed by atoms with Crippen molar-refractivity contribution in [1.82, 2.24) is 9.88 Å². The molecule has 0 spiro atoms. The lowest BCUT2D eigenvalue weighted by Crippen LogP contribution is -2.44. The Morgan fingerprint density at radius 2 is 2.15 bits per heavy atom. The first-order valence-electron chi connectivity index (χ1n) is 6.65. The van der Waals surface area contributed by atoms with Crippen LogP contribution in [0.1, 0.15) is 16.8 Å². The van der Waals surface area contributed by atoms with Crippen molar-refractivity contribution in [2.45, 2.75) is 17.7 Å². The molecule has 5 nitrogen and oxygen atoms in total. The number of hydrogen-bond acceptors (Lipinski definition) is 3. The Balaban J connectivity index is 1.71. The van der Waals surface area contributed by atoms with Gasteiger partial charge in [0, 0.05) is 35.2 Å². The Morgan fingerprint density at radius 1 is 1.30 bits per heavy atom. The van der Waals surface area contributed by atoms with E-state index in [-0.39, 0.29) is 23.0 Å². The van der Waals surface area contributed by atoms with Crippen molar-refractivity contribution >= 4 is 26.6 Å². The highest BCUT2D eigenvalue weighted by molar-refractivity contribution is 7.92. The van der Waals surface area contributed by atoms with Crippen LogP contribution in [0.25, 0.3) is 10.9 Å². The molecule has 2 fully saturated rings. The van der Waals surface area contributed by atoms with E-state index in [1.807, 2.05) is 24.4 Å². The van der Waals surface area contributed by atoms with E-state index in [0.29, 0.717) is 18.5 Å². The van der Waals surface area contributed by atoms with Gasteiger partial charge in [-0.3, -0.25) is 4.79 Å². The quantitative estimate of drug-likeness (QED) is 0.857. The van der Waals surface area contributed by atoms with Gasteiger partial charge in [-0.05, 0) is 24.6 Å². The summed E-state index contributed by atoms with van der Waals surface area (Å²) in [7, 11) is -2.97. The second-order valence-corrected chi connectivity index (χ2v) is 7.87. The molecule has 1 aromatic carbocycles. The van der Waals surface area contributed by atoms with Gasteiger partial charge in [0.2, 0.25) is 0 Å². The summed E-state index contributed by atoms with van der Waals surface area (Å²) in [5.41, 5.74) is 1.57. The van der Waals surface area contributed by atoms with Crippen molar-refractivity contribution in [2.75, 3.05) is 12.3 Å². The van der Waals surface area contributed by atoms with Crippen LogP contribution in [0.3, 0.4) is 0 Å². The Kier molecular flexibility index (Phi) is 2.30. The summed E-state index contributed by atoms with van der Waals surface area (Å²) in [6.07, 6.45) is 2.40. The van der Waals surface area contributed by atoms with Crippen LogP contribution in [0, 0.1) is 0 Å². The number of sulfone groups is 1. The molecule has 2 saturated heterocycles. The van der Waals surface area contributed by atoms with Crippen LogP contribution in [0.4, 0.5) is 0 Å². The summed E-state index contributed by atoms with van der Waals surface area (Å²) in [6.45, 7) is 0.340. The Morgan fingerprint density at radius 3 is 2.85 bits per heavy atom. The number of benzene rings is 1. The second-order valence-electron chi connectivity index (χ2n) is 5.54. The van der Waals surface area contributed by atoms with Crippen LogP contribution in [0.2, 0.25) is 0 Å². The zero-order chi connectivity index (χ0) is 13.9. The lowest BCUT2D eigenvalue weighted by atomic mass is 10.1. The van der Waals surface area contributed by atoms with Gasteiger partial charge in [0.1, 0.15) is 0 Å². The zero-order valence-electron chi connectivity index (χ0n) is 10.7. The van der Waals surface area contributed by atoms with Crippen molar-refractivity contribution in [2.24, 2.45) is 0 Å². The van der Waals surface area contributed by atoms with E-state index in [1.54, 1.807) is 11.0 Å². The molecule has 0 aliphatic carbocycles. The van der Waals surface area contributed by atoms with Gasteiger partial charge in [-0.1, -0.05) is 6.07 Å². The predicted molar refractivity (Wildman–Crippen MR) is 75.3 cm³/mol. The molecule has 0 saturated carbocycles. The number of hydrogen-bond donors (Lipinski definition) is 1. The number of H-pyrrole nitrogens is 1. The molecule has 2 aliphatic rings. The predicted octanol–water partition coefficient (Wildman–Crippen LogP) is 1.18. The lowest BCUT2D eigenvalue weighted by molar-refractivity contribution is 0.0748. The van der Waals surface area contributed by atoms with Gasteiger partial charge in [0.15, 0.2) is 9.84 Å². The summed E-state index contributed by atoms with van der Waals surface area (Å²) in [5, 5.41) is 0.532. The molecular formula is C14H14N2O3S. The SMILES string of the molecule is O=C(c1cccc2[nH]ccc12)N1CC2CC1CS2(=O)=O. The van der Waals surface area contributed by atoms with Crippen LogP contribution in [-0.4, -0.2) is 47.8 Å². The number of fused-ring (bicyclic) bond motifs is 3. The van der Waals surface area contributed by atoms with Crippen LogP contribution in [-0.2, 0) is 9.84 Å². The minimum absolute atomic E-state index is 0.0578. The molecule has 1 amide bonds. The molecule has 6 heteroatoms. The Labute approximate surface area is 116 Å². The number of amides is 1. The van der Waals surface area contributed by atoms with Crippen LogP contribution >= 0.6 is 0 Å². The van der Waals surface area contributed by atoms with E-state index >= 15 is 0 Å². The monoisotopic (exact) mass is 290 g/mol. The Hall–Kier alpha value is -1.82. The molecular weight excluding hydrogens is 276 g/mol. The third kappa shape index (κ3) is 1.54. The molecule has 2 bridgehead atoms. The maximum absolute atomic E-state index is 12.7. The smallest absolute Gasteiger partial charge is 0.254 e. The number of carbonyl (C=O) groups excluding carboxylic acids is 1. The fraction of sp³-hybridized carbons (Fsp3) is 0.357. The molecule has 104 valence electrons. The number of nitrogens with zero attached hydrogens (tertiary/aromatic N) is 1. The summed E-state index contributed by atoms with van der Waals surface area (Å²) < 4.78 is 23.5. The normalized spacial score (nSPS) is 27.3. The van der Waals surface area contributed by atoms with Gasteiger partial charge in [-0.25, -0.2) is 8.42 Å². The Bertz CT molecular complexity index is 809. The average molecular weight is 290 g/mol. The van der Waals surface area contributed by atoms with E-state index in [0.717, 1.165) is 10.9 Å². The number of rotatable bonds is 1. The molecule has 3 heterocycles. The van der Waals surface area contributed by atoms with Gasteiger partial charge in [-0.2, -0.15) is 0 Å². The molecule has 2 aliphatic heterocycles. The summed E-state index contributed by atoms with van der Waals surface area (Å²) in [4.78, 5) is 17.5. The van der Waals surface area contributed by atoms with Crippen molar-refractivity contribution in [3.05, 3.63) is 36.0 Å². The van der Waals surface area contributed by atoms with Crippen LogP contribution in [0.15, 0.2) is 30.5 Å². The van der Waals surface area contributed by atoms with E-state index in [1.165, 1.54) is 0 Å². The molecule has 0 radical (unpaired) electrons. The van der Waals surface area contributed by atoms with E-state index in [2.05, 4.69) is 4.98 Å². The van der Waals surface area contributed by atoms with Crippen LogP contribution in [0.5, 0.6) is 0 Å². The highest BCUT2D eigenvalue weighted by atomic mass is 32.2. The fourth-order valence-corrected chi connectivity index (χ4v) is 5.40. The largest absolute Gasteiger partial charge is 0.361 e. The lowest BCUT2D eigenvalue weighted by Gasteiger charge is -2.27. The number of aromatic amines is 1. The summed E-state index contributed by atoms with van der Waals surface area (Å²) in [6, 6.07) is 7.31. The third-order valence-electron chi connectivity index (χ3n) is 4.39. The summed E-state index contributed by atoms with van der Waals surface area (Å²) >= 11 is 0. The van der Waals surface area contributed by atoms with Gasteiger partial charge in [-0.15, -0.1) is 0 Å². The topological polar surface area (TPSA) is 70.2 Å². The number of carbonyl (C=O) groups is 1. The number of likely N-dealkylation sites (tertiary alicyclic amines) is 1. The molecule has 2 atom stereocenters. The van der Waals surface area contributed by atoms with E-state index in [4.69, 9.17) is 0 Å². The first kappa shape index (κ1) is 12.0. The van der Waals surface area contributed by atoms with Gasteiger partial charge < -0.3 is 9.88 Å². The maximum Gasteiger partial charge on any atom is 0.254 e. The first-order valence-corrected chi connectivity index (χ1v) is 8.36. The van der Waals surface area contributed by atoms with Crippen molar-refractivity contribution in [1.29, 1.82) is 0 Å². The maximum atomic E-state index is 12.7. The van der Waals surface area contributed by atoms with E-state index < -0.39 is 9.84 Å². The molecule has 1 N–H and O–H groups in total. The van der Waals surface area contributed by atoms with E-state index in [9.17, 15) is 13.2 Å². The molecule has 1 aromatic heterocycles. The standard InChI is InChI=1S/C14H14N2O3S/c17-14(12-2-1-3-13-11(12)4-5-15-13)16-7-10-6-9(16)8-20(10,18)19/h1-5,9-10,15H,6-8H2.